The van der Waals surface area contributed by atoms with Crippen LogP contribution in [0, 0.1) is 6.92 Å². The van der Waals surface area contributed by atoms with Crippen molar-refractivity contribution in [2.45, 2.75) is 72.3 Å². The van der Waals surface area contributed by atoms with E-state index >= 15 is 0 Å². The lowest BCUT2D eigenvalue weighted by Gasteiger charge is -2.44. The van der Waals surface area contributed by atoms with E-state index in [-0.39, 0.29) is 6.03 Å². The number of amides is 2. The molecule has 2 aromatic rings. The molecule has 1 aliphatic carbocycles. The van der Waals surface area contributed by atoms with Gasteiger partial charge in [-0.2, -0.15) is 0 Å². The third-order valence-corrected chi connectivity index (χ3v) is 7.43. The van der Waals surface area contributed by atoms with Gasteiger partial charge in [-0.15, -0.1) is 0 Å². The van der Waals surface area contributed by atoms with Gasteiger partial charge in [0.05, 0.1) is 5.52 Å². The first-order chi connectivity index (χ1) is 14.9. The maximum atomic E-state index is 12.9. The maximum Gasteiger partial charge on any atom is 0.336 e. The second-order valence-corrected chi connectivity index (χ2v) is 9.28. The molecule has 2 atom stereocenters. The molecule has 0 radical (unpaired) electrons. The molecule has 0 spiro atoms. The number of carbonyl (C=O) groups is 1. The van der Waals surface area contributed by atoms with Crippen molar-refractivity contribution in [2.24, 2.45) is 0 Å². The molecule has 0 unspecified atom stereocenters. The predicted molar refractivity (Wildman–Crippen MR) is 130 cm³/mol. The molecule has 4 rings (SSSR count). The quantitative estimate of drug-likeness (QED) is 0.667. The van der Waals surface area contributed by atoms with Crippen LogP contribution in [0.1, 0.15) is 75.3 Å². The first-order valence-corrected chi connectivity index (χ1v) is 12.0. The van der Waals surface area contributed by atoms with Crippen molar-refractivity contribution in [2.75, 3.05) is 31.6 Å². The first-order valence-electron chi connectivity index (χ1n) is 12.0. The number of nitrogens with zero attached hydrogens (tertiary/aromatic N) is 3. The number of urea groups is 1. The van der Waals surface area contributed by atoms with Gasteiger partial charge in [-0.1, -0.05) is 25.1 Å². The number of fused-ring (bicyclic) bond motifs is 2. The zero-order chi connectivity index (χ0) is 22.3. The molecule has 1 aromatic heterocycles. The van der Waals surface area contributed by atoms with Gasteiger partial charge in [0.1, 0.15) is 0 Å². The summed E-state index contributed by atoms with van der Waals surface area (Å²) in [6, 6.07) is 5.12. The van der Waals surface area contributed by atoms with Crippen LogP contribution in [0.3, 0.4) is 0 Å². The minimum absolute atomic E-state index is 0.0388. The van der Waals surface area contributed by atoms with E-state index in [9.17, 15) is 4.79 Å². The number of rotatable bonds is 6. The van der Waals surface area contributed by atoms with Crippen LogP contribution in [0.5, 0.6) is 0 Å². The smallest absolute Gasteiger partial charge is 0.324 e. The fourth-order valence-corrected chi connectivity index (χ4v) is 5.80. The summed E-state index contributed by atoms with van der Waals surface area (Å²) in [5.74, 6) is 0.559. The molecule has 2 heterocycles. The molecular formula is C26H38N4O. The molecule has 5 heteroatoms. The summed E-state index contributed by atoms with van der Waals surface area (Å²) in [5.41, 5.74) is 10.6. The number of allylic oxidation sites excluding steroid dienone is 1. The van der Waals surface area contributed by atoms with Gasteiger partial charge in [0.2, 0.25) is 0 Å². The number of aromatic nitrogens is 1. The number of likely N-dealkylation sites (tertiary alicyclic amines) is 1. The highest BCUT2D eigenvalue weighted by Crippen LogP contribution is 2.46. The topological polar surface area (TPSA) is 40.5 Å². The average Bonchev–Trinajstić information content (AvgIpc) is 3.02. The van der Waals surface area contributed by atoms with E-state index < -0.39 is 0 Å². The summed E-state index contributed by atoms with van der Waals surface area (Å²) in [5, 5.41) is 1.36. The summed E-state index contributed by atoms with van der Waals surface area (Å²) < 4.78 is 2.04. The van der Waals surface area contributed by atoms with Gasteiger partial charge in [-0.25, -0.2) is 10.2 Å². The molecule has 31 heavy (non-hydrogen) atoms. The van der Waals surface area contributed by atoms with Crippen molar-refractivity contribution < 1.29 is 4.79 Å². The van der Waals surface area contributed by atoms with Crippen LogP contribution in [-0.4, -0.2) is 52.7 Å². The summed E-state index contributed by atoms with van der Waals surface area (Å²) in [4.78, 5) is 17.5. The second kappa shape index (κ2) is 8.70. The van der Waals surface area contributed by atoms with Crippen LogP contribution < -0.4 is 5.43 Å². The number of hydrogen-bond acceptors (Lipinski definition) is 2. The third kappa shape index (κ3) is 3.67. The van der Waals surface area contributed by atoms with E-state index in [1.807, 2.05) is 23.4 Å². The van der Waals surface area contributed by atoms with Crippen molar-refractivity contribution in [3.05, 3.63) is 41.1 Å². The van der Waals surface area contributed by atoms with Gasteiger partial charge in [-0.05, 0) is 89.2 Å². The Morgan fingerprint density at radius 1 is 1.26 bits per heavy atom. The van der Waals surface area contributed by atoms with E-state index in [0.29, 0.717) is 25.0 Å². The van der Waals surface area contributed by atoms with Gasteiger partial charge in [0.25, 0.3) is 0 Å². The zero-order valence-electron chi connectivity index (χ0n) is 19.9. The molecule has 1 fully saturated rings. The zero-order valence-corrected chi connectivity index (χ0v) is 19.9. The molecule has 0 bridgehead atoms. The lowest BCUT2D eigenvalue weighted by molar-refractivity contribution is 0.124. The Morgan fingerprint density at radius 3 is 2.65 bits per heavy atom. The second-order valence-electron chi connectivity index (χ2n) is 9.28. The fourth-order valence-electron chi connectivity index (χ4n) is 5.80. The van der Waals surface area contributed by atoms with Gasteiger partial charge in [-0.3, -0.25) is 9.58 Å². The van der Waals surface area contributed by atoms with E-state index in [4.69, 9.17) is 0 Å². The number of hydrogen-bond donors (Lipinski definition) is 1. The number of piperidine rings is 1. The Morgan fingerprint density at radius 2 is 2.00 bits per heavy atom. The minimum atomic E-state index is -0.0388. The van der Waals surface area contributed by atoms with Crippen LogP contribution in [0.2, 0.25) is 0 Å². The summed E-state index contributed by atoms with van der Waals surface area (Å²) in [6.07, 6.45) is 4.76. The minimum Gasteiger partial charge on any atom is -0.324 e. The van der Waals surface area contributed by atoms with E-state index in [1.165, 1.54) is 47.9 Å². The monoisotopic (exact) mass is 422 g/mol. The lowest BCUT2D eigenvalue weighted by Crippen LogP contribution is -2.47. The van der Waals surface area contributed by atoms with Crippen molar-refractivity contribution >= 4 is 22.5 Å². The van der Waals surface area contributed by atoms with Crippen molar-refractivity contribution in [3.8, 4) is 0 Å². The van der Waals surface area contributed by atoms with Gasteiger partial charge in [0, 0.05) is 36.1 Å². The van der Waals surface area contributed by atoms with Crippen molar-refractivity contribution in [3.63, 3.8) is 0 Å². The molecule has 1 aromatic carbocycles. The van der Waals surface area contributed by atoms with Gasteiger partial charge in [0.15, 0.2) is 0 Å². The Labute approximate surface area is 187 Å². The summed E-state index contributed by atoms with van der Waals surface area (Å²) in [6.45, 7) is 18.6. The highest BCUT2D eigenvalue weighted by molar-refractivity contribution is 5.95. The molecular weight excluding hydrogens is 384 g/mol. The number of nitrogens with one attached hydrogen (secondary N) is 1. The van der Waals surface area contributed by atoms with E-state index in [2.05, 4.69) is 49.8 Å². The van der Waals surface area contributed by atoms with Crippen LogP contribution in [0.25, 0.3) is 16.5 Å². The number of carbonyl (C=O) groups excluding carboxylic acids is 1. The van der Waals surface area contributed by atoms with Crippen LogP contribution in [0.15, 0.2) is 18.7 Å². The van der Waals surface area contributed by atoms with Crippen LogP contribution in [0.4, 0.5) is 4.79 Å². The molecule has 2 aliphatic rings. The van der Waals surface area contributed by atoms with Crippen molar-refractivity contribution in [1.29, 1.82) is 0 Å². The normalized spacial score (nSPS) is 20.5. The SMILES string of the molecule is C=C(C)c1cc2c3c(c(C)n(NC(=O)N(CC)CC)c3c1)C[C@@H]1[C@@H]2CCCN1CCC. The largest absolute Gasteiger partial charge is 0.336 e. The Bertz CT molecular complexity index is 999. The molecule has 1 saturated heterocycles. The molecule has 168 valence electrons. The highest BCUT2D eigenvalue weighted by Gasteiger charge is 2.39. The van der Waals surface area contributed by atoms with Gasteiger partial charge >= 0.3 is 6.03 Å². The van der Waals surface area contributed by atoms with Crippen molar-refractivity contribution in [1.82, 2.24) is 14.5 Å². The molecule has 5 nitrogen and oxygen atoms in total. The molecule has 0 saturated carbocycles. The summed E-state index contributed by atoms with van der Waals surface area (Å²) >= 11 is 0. The summed E-state index contributed by atoms with van der Waals surface area (Å²) in [7, 11) is 0. The standard InChI is InChI=1S/C26H38N4O/c1-7-12-29-13-10-11-20-22-14-19(17(4)5)15-24-25(22)21(16-23(20)29)18(6)30(24)27-26(31)28(8-2)9-3/h14-15,20,23H,4,7-13,16H2,1-3,5-6H3,(H,27,31)/t20-,23-/m1/s1. The third-order valence-electron chi connectivity index (χ3n) is 7.43. The predicted octanol–water partition coefficient (Wildman–Crippen LogP) is 5.50. The van der Waals surface area contributed by atoms with E-state index in [1.54, 1.807) is 0 Å². The first kappa shape index (κ1) is 21.9. The molecule has 2 amide bonds. The number of benzene rings is 1. The highest BCUT2D eigenvalue weighted by atomic mass is 16.2. The average molecular weight is 423 g/mol. The Balaban J connectivity index is 1.88. The van der Waals surface area contributed by atoms with Crippen LogP contribution >= 0.6 is 0 Å². The molecule has 1 aliphatic heterocycles. The van der Waals surface area contributed by atoms with Gasteiger partial charge < -0.3 is 4.90 Å². The van der Waals surface area contributed by atoms with Crippen LogP contribution in [-0.2, 0) is 6.42 Å². The van der Waals surface area contributed by atoms with E-state index in [0.717, 1.165) is 29.7 Å². The molecule has 1 N–H and O–H groups in total. The fraction of sp³-hybridized carbons (Fsp3) is 0.577. The maximum absolute atomic E-state index is 12.9. The Hall–Kier alpha value is -2.27. The lowest BCUT2D eigenvalue weighted by atomic mass is 9.74. The Kier molecular flexibility index (Phi) is 6.16.